The molecule has 3 aromatic rings. The molecule has 102 valence electrons. The summed E-state index contributed by atoms with van der Waals surface area (Å²) >= 11 is 1.80. The third kappa shape index (κ3) is 3.05. The number of nitrogens with zero attached hydrogens (tertiary/aromatic N) is 1. The summed E-state index contributed by atoms with van der Waals surface area (Å²) in [5.74, 6) is 0. The summed E-state index contributed by atoms with van der Waals surface area (Å²) in [6.45, 7) is 0.913. The van der Waals surface area contributed by atoms with Crippen molar-refractivity contribution in [2.24, 2.45) is 0 Å². The van der Waals surface area contributed by atoms with Crippen LogP contribution in [0.15, 0.2) is 71.8 Å². The summed E-state index contributed by atoms with van der Waals surface area (Å²) in [5.41, 5.74) is 2.62. The van der Waals surface area contributed by atoms with Gasteiger partial charge >= 0.3 is 0 Å². The molecule has 0 atom stereocenters. The first kappa shape index (κ1) is 15.1. The van der Waals surface area contributed by atoms with E-state index in [1.54, 1.807) is 11.8 Å². The average molecular weight is 346 g/mol. The third-order valence-electron chi connectivity index (χ3n) is 3.30. The van der Waals surface area contributed by atoms with Gasteiger partial charge < -0.3 is 17.0 Å². The number of hydrogen-bond acceptors (Lipinski definition) is 1. The number of halogens is 1. The van der Waals surface area contributed by atoms with Gasteiger partial charge in [0.15, 0.2) is 12.7 Å². The highest BCUT2D eigenvalue weighted by atomic mass is 79.9. The molecule has 0 bridgehead atoms. The molecular formula is C17H16BrNS. The molecule has 2 aromatic carbocycles. The van der Waals surface area contributed by atoms with Gasteiger partial charge in [0.25, 0.3) is 0 Å². The van der Waals surface area contributed by atoms with Gasteiger partial charge in [-0.3, -0.25) is 0 Å². The molecule has 0 aliphatic rings. The number of thioether (sulfide) groups is 1. The maximum absolute atomic E-state index is 2.31. The molecule has 0 saturated carbocycles. The van der Waals surface area contributed by atoms with Crippen LogP contribution in [-0.2, 0) is 6.54 Å². The summed E-state index contributed by atoms with van der Waals surface area (Å²) < 4.78 is 2.31. The number of rotatable bonds is 3. The minimum Gasteiger partial charge on any atom is -1.00 e. The predicted octanol–water partition coefficient (Wildman–Crippen LogP) is 0.901. The molecule has 0 fully saturated rings. The largest absolute Gasteiger partial charge is 1.00 e. The van der Waals surface area contributed by atoms with E-state index in [2.05, 4.69) is 77.7 Å². The van der Waals surface area contributed by atoms with Gasteiger partial charge in [0.05, 0.1) is 5.39 Å². The highest BCUT2D eigenvalue weighted by molar-refractivity contribution is 7.98. The number of pyridine rings is 1. The summed E-state index contributed by atoms with van der Waals surface area (Å²) in [5, 5.41) is 1.33. The second-order valence-corrected chi connectivity index (χ2v) is 5.36. The van der Waals surface area contributed by atoms with Crippen molar-refractivity contribution >= 4 is 22.7 Å². The van der Waals surface area contributed by atoms with E-state index in [0.29, 0.717) is 0 Å². The Morgan fingerprint density at radius 1 is 0.900 bits per heavy atom. The molecule has 1 heterocycles. The monoisotopic (exact) mass is 345 g/mol. The second kappa shape index (κ2) is 6.91. The Labute approximate surface area is 134 Å². The number of fused-ring (bicyclic) bond motifs is 1. The van der Waals surface area contributed by atoms with Gasteiger partial charge in [-0.25, -0.2) is 0 Å². The molecule has 0 aliphatic heterocycles. The van der Waals surface area contributed by atoms with Crippen LogP contribution in [0, 0.1) is 0 Å². The van der Waals surface area contributed by atoms with Gasteiger partial charge in [-0.1, -0.05) is 42.5 Å². The van der Waals surface area contributed by atoms with E-state index in [9.17, 15) is 0 Å². The Morgan fingerprint density at radius 2 is 1.60 bits per heavy atom. The van der Waals surface area contributed by atoms with E-state index >= 15 is 0 Å². The molecule has 0 N–H and O–H groups in total. The van der Waals surface area contributed by atoms with Gasteiger partial charge in [-0.15, -0.1) is 11.8 Å². The van der Waals surface area contributed by atoms with Gasteiger partial charge in [0.2, 0.25) is 5.52 Å². The lowest BCUT2D eigenvalue weighted by atomic mass is 10.2. The average Bonchev–Trinajstić information content (AvgIpc) is 2.49. The molecule has 3 rings (SSSR count). The van der Waals surface area contributed by atoms with Crippen LogP contribution in [0.4, 0.5) is 0 Å². The molecule has 20 heavy (non-hydrogen) atoms. The van der Waals surface area contributed by atoms with Gasteiger partial charge in [-0.2, -0.15) is 4.57 Å². The zero-order valence-corrected chi connectivity index (χ0v) is 13.7. The van der Waals surface area contributed by atoms with Crippen molar-refractivity contribution in [3.8, 4) is 0 Å². The first-order valence-corrected chi connectivity index (χ1v) is 7.60. The van der Waals surface area contributed by atoms with E-state index in [-0.39, 0.29) is 17.0 Å². The molecule has 0 aliphatic carbocycles. The fraction of sp³-hybridized carbons (Fsp3) is 0.118. The van der Waals surface area contributed by atoms with Crippen molar-refractivity contribution < 1.29 is 21.5 Å². The summed E-state index contributed by atoms with van der Waals surface area (Å²) in [6, 6.07) is 21.4. The Kier molecular flexibility index (Phi) is 5.21. The van der Waals surface area contributed by atoms with Crippen molar-refractivity contribution in [3.05, 3.63) is 72.4 Å². The molecule has 0 radical (unpaired) electrons. The Bertz CT molecular complexity index is 698. The number of para-hydroxylation sites is 1. The quantitative estimate of drug-likeness (QED) is 0.504. The van der Waals surface area contributed by atoms with E-state index < -0.39 is 0 Å². The molecular weight excluding hydrogens is 330 g/mol. The summed E-state index contributed by atoms with van der Waals surface area (Å²) in [4.78, 5) is 1.33. The topological polar surface area (TPSA) is 3.88 Å². The number of hydrogen-bond donors (Lipinski definition) is 0. The first-order valence-electron chi connectivity index (χ1n) is 6.37. The van der Waals surface area contributed by atoms with Crippen LogP contribution in [-0.4, -0.2) is 6.26 Å². The molecule has 1 nitrogen and oxygen atoms in total. The van der Waals surface area contributed by atoms with Crippen LogP contribution in [0.1, 0.15) is 5.56 Å². The number of aromatic nitrogens is 1. The van der Waals surface area contributed by atoms with Crippen molar-refractivity contribution in [3.63, 3.8) is 0 Å². The van der Waals surface area contributed by atoms with Crippen LogP contribution >= 0.6 is 11.8 Å². The van der Waals surface area contributed by atoms with Crippen LogP contribution in [0.25, 0.3) is 10.9 Å². The highest BCUT2D eigenvalue weighted by Gasteiger charge is 2.11. The van der Waals surface area contributed by atoms with Crippen molar-refractivity contribution in [1.29, 1.82) is 0 Å². The highest BCUT2D eigenvalue weighted by Crippen LogP contribution is 2.23. The Balaban J connectivity index is 0.00000147. The normalized spacial score (nSPS) is 10.2. The van der Waals surface area contributed by atoms with E-state index in [4.69, 9.17) is 0 Å². The SMILES string of the molecule is CSc1cc[n+](Cc2ccccc2)c2ccccc12.[Br-]. The Morgan fingerprint density at radius 3 is 2.35 bits per heavy atom. The minimum absolute atomic E-state index is 0. The van der Waals surface area contributed by atoms with E-state index in [0.717, 1.165) is 6.54 Å². The van der Waals surface area contributed by atoms with E-state index in [1.807, 2.05) is 0 Å². The molecule has 0 saturated heterocycles. The predicted molar refractivity (Wildman–Crippen MR) is 81.5 cm³/mol. The zero-order valence-electron chi connectivity index (χ0n) is 11.3. The van der Waals surface area contributed by atoms with Crippen molar-refractivity contribution in [1.82, 2.24) is 0 Å². The second-order valence-electron chi connectivity index (χ2n) is 4.51. The first-order chi connectivity index (χ1) is 9.38. The molecule has 1 aromatic heterocycles. The van der Waals surface area contributed by atoms with Crippen LogP contribution < -0.4 is 21.5 Å². The fourth-order valence-electron chi connectivity index (χ4n) is 2.36. The lowest BCUT2D eigenvalue weighted by Gasteiger charge is -2.05. The summed E-state index contributed by atoms with van der Waals surface area (Å²) in [6.07, 6.45) is 4.31. The number of benzene rings is 2. The van der Waals surface area contributed by atoms with Crippen molar-refractivity contribution in [2.45, 2.75) is 11.4 Å². The zero-order chi connectivity index (χ0) is 13.1. The maximum Gasteiger partial charge on any atom is 0.213 e. The van der Waals surface area contributed by atoms with Crippen LogP contribution in [0.5, 0.6) is 0 Å². The van der Waals surface area contributed by atoms with Gasteiger partial charge in [-0.05, 0) is 12.3 Å². The smallest absolute Gasteiger partial charge is 0.213 e. The van der Waals surface area contributed by atoms with E-state index in [1.165, 1.54) is 21.4 Å². The van der Waals surface area contributed by atoms with Gasteiger partial charge in [0, 0.05) is 22.6 Å². The third-order valence-corrected chi connectivity index (χ3v) is 4.10. The fourth-order valence-corrected chi connectivity index (χ4v) is 2.95. The maximum atomic E-state index is 2.31. The lowest BCUT2D eigenvalue weighted by molar-refractivity contribution is -0.662. The van der Waals surface area contributed by atoms with Crippen LogP contribution in [0.2, 0.25) is 0 Å². The molecule has 0 unspecified atom stereocenters. The van der Waals surface area contributed by atoms with Crippen molar-refractivity contribution in [2.75, 3.05) is 6.26 Å². The Hall–Kier alpha value is -1.32. The summed E-state index contributed by atoms with van der Waals surface area (Å²) in [7, 11) is 0. The molecule has 0 spiro atoms. The molecule has 0 amide bonds. The molecule has 3 heteroatoms. The minimum atomic E-state index is 0. The van der Waals surface area contributed by atoms with Crippen LogP contribution in [0.3, 0.4) is 0 Å². The van der Waals surface area contributed by atoms with Gasteiger partial charge in [0.1, 0.15) is 0 Å². The standard InChI is InChI=1S/C17H16NS.BrH/c1-19-17-11-12-18(13-14-7-3-2-4-8-14)16-10-6-5-9-15(16)17;/h2-12H,13H2,1H3;1H/q+1;/p-1. The lowest BCUT2D eigenvalue weighted by Crippen LogP contribution is -3.00.